The standard InChI is InChI=1S/C28H39NO/c1-19(18-20-8-6-5-7-9-20)22-11-12-23-21-10-13-25-28(3,17-15-26(30)29(25)4)24(21)14-16-27(22,23)2/h5-9,18,21-25H,10-17H2,1-4H3/b19-18+/t21-,22+,23-,24-,25+,27+,28+/m0/s1. The van der Waals surface area contributed by atoms with Gasteiger partial charge in [-0.15, -0.1) is 0 Å². The summed E-state index contributed by atoms with van der Waals surface area (Å²) in [6.07, 6.45) is 12.4. The number of amides is 1. The molecule has 1 aromatic carbocycles. The van der Waals surface area contributed by atoms with E-state index < -0.39 is 0 Å². The molecule has 1 heterocycles. The van der Waals surface area contributed by atoms with Gasteiger partial charge >= 0.3 is 0 Å². The van der Waals surface area contributed by atoms with Crippen LogP contribution < -0.4 is 0 Å². The Bertz CT molecular complexity index is 843. The van der Waals surface area contributed by atoms with E-state index in [1.165, 1.54) is 44.1 Å². The Morgan fingerprint density at radius 1 is 0.967 bits per heavy atom. The predicted molar refractivity (Wildman–Crippen MR) is 124 cm³/mol. The first-order chi connectivity index (χ1) is 14.3. The third-order valence-electron chi connectivity index (χ3n) is 10.3. The number of benzene rings is 1. The van der Waals surface area contributed by atoms with E-state index in [1.807, 2.05) is 0 Å². The van der Waals surface area contributed by atoms with Gasteiger partial charge in [0.05, 0.1) is 0 Å². The maximum Gasteiger partial charge on any atom is 0.222 e. The molecule has 3 aliphatic carbocycles. The van der Waals surface area contributed by atoms with E-state index in [2.05, 4.69) is 69.1 Å². The van der Waals surface area contributed by atoms with E-state index in [9.17, 15) is 4.79 Å². The van der Waals surface area contributed by atoms with E-state index in [0.717, 1.165) is 36.5 Å². The van der Waals surface area contributed by atoms with Crippen LogP contribution in [0.3, 0.4) is 0 Å². The maximum atomic E-state index is 12.4. The molecule has 1 aliphatic heterocycles. The summed E-state index contributed by atoms with van der Waals surface area (Å²) in [5.74, 6) is 3.63. The van der Waals surface area contributed by atoms with Crippen molar-refractivity contribution in [3.63, 3.8) is 0 Å². The number of likely N-dealkylation sites (tertiary alicyclic amines) is 1. The summed E-state index contributed by atoms with van der Waals surface area (Å²) < 4.78 is 0. The Labute approximate surface area is 183 Å². The first-order valence-electron chi connectivity index (χ1n) is 12.3. The zero-order valence-corrected chi connectivity index (χ0v) is 19.4. The van der Waals surface area contributed by atoms with Gasteiger partial charge < -0.3 is 4.90 Å². The first kappa shape index (κ1) is 20.3. The Balaban J connectivity index is 1.40. The number of nitrogens with zero attached hydrogens (tertiary/aromatic N) is 1. The highest BCUT2D eigenvalue weighted by Crippen LogP contribution is 2.67. The molecule has 0 bridgehead atoms. The van der Waals surface area contributed by atoms with E-state index in [1.54, 1.807) is 5.57 Å². The van der Waals surface area contributed by atoms with Crippen LogP contribution >= 0.6 is 0 Å². The SMILES string of the molecule is C/C(=C\c1ccccc1)[C@H]1CC[C@H]2[C@@H]3CC[C@H]4N(C)C(=O)CC[C@]4(C)[C@H]3CC[C@]12C. The molecule has 30 heavy (non-hydrogen) atoms. The third kappa shape index (κ3) is 2.93. The van der Waals surface area contributed by atoms with Crippen molar-refractivity contribution < 1.29 is 4.79 Å². The number of fused-ring (bicyclic) bond motifs is 5. The van der Waals surface area contributed by atoms with Gasteiger partial charge in [-0.3, -0.25) is 4.79 Å². The van der Waals surface area contributed by atoms with Gasteiger partial charge in [-0.2, -0.15) is 0 Å². The van der Waals surface area contributed by atoms with Crippen LogP contribution in [0.25, 0.3) is 6.08 Å². The molecule has 0 aromatic heterocycles. The average Bonchev–Trinajstić information content (AvgIpc) is 3.09. The van der Waals surface area contributed by atoms with Gasteiger partial charge in [0, 0.05) is 19.5 Å². The minimum atomic E-state index is 0.333. The van der Waals surface area contributed by atoms with Gasteiger partial charge in [-0.25, -0.2) is 0 Å². The number of carbonyl (C=O) groups excluding carboxylic acids is 1. The molecule has 0 unspecified atom stereocenters. The number of carbonyl (C=O) groups is 1. The third-order valence-corrected chi connectivity index (χ3v) is 10.3. The molecule has 162 valence electrons. The lowest BCUT2D eigenvalue weighted by atomic mass is 9.46. The molecule has 4 aliphatic rings. The van der Waals surface area contributed by atoms with E-state index in [-0.39, 0.29) is 0 Å². The molecule has 1 aromatic rings. The fourth-order valence-corrected chi connectivity index (χ4v) is 8.81. The molecule has 0 spiro atoms. The summed E-state index contributed by atoms with van der Waals surface area (Å²) in [6, 6.07) is 11.3. The van der Waals surface area contributed by atoms with Crippen LogP contribution in [0.15, 0.2) is 35.9 Å². The van der Waals surface area contributed by atoms with Crippen LogP contribution in [0.1, 0.15) is 77.7 Å². The molecule has 5 rings (SSSR count). The van der Waals surface area contributed by atoms with Crippen molar-refractivity contribution in [1.82, 2.24) is 4.90 Å². The molecule has 0 N–H and O–H groups in total. The van der Waals surface area contributed by atoms with Gasteiger partial charge in [0.1, 0.15) is 0 Å². The minimum absolute atomic E-state index is 0.333. The highest BCUT2D eigenvalue weighted by Gasteiger charge is 2.61. The van der Waals surface area contributed by atoms with Crippen molar-refractivity contribution in [2.75, 3.05) is 7.05 Å². The van der Waals surface area contributed by atoms with Crippen LogP contribution in [-0.4, -0.2) is 23.9 Å². The Morgan fingerprint density at radius 3 is 2.47 bits per heavy atom. The van der Waals surface area contributed by atoms with Gasteiger partial charge in [0.2, 0.25) is 5.91 Å². The Kier molecular flexibility index (Phi) is 4.91. The van der Waals surface area contributed by atoms with Crippen LogP contribution in [0, 0.1) is 34.5 Å². The second kappa shape index (κ2) is 7.24. The van der Waals surface area contributed by atoms with Crippen molar-refractivity contribution in [2.24, 2.45) is 34.5 Å². The lowest BCUT2D eigenvalue weighted by Crippen LogP contribution is -2.61. The molecule has 7 atom stereocenters. The second-order valence-corrected chi connectivity index (χ2v) is 11.5. The van der Waals surface area contributed by atoms with Crippen LogP contribution in [0.5, 0.6) is 0 Å². The lowest BCUT2D eigenvalue weighted by molar-refractivity contribution is -0.157. The minimum Gasteiger partial charge on any atom is -0.342 e. The van der Waals surface area contributed by atoms with Gasteiger partial charge in [-0.05, 0) is 91.9 Å². The predicted octanol–water partition coefficient (Wildman–Crippen LogP) is 6.57. The number of piperidine rings is 1. The van der Waals surface area contributed by atoms with Gasteiger partial charge in [-0.1, -0.05) is 55.8 Å². The van der Waals surface area contributed by atoms with E-state index in [0.29, 0.717) is 22.8 Å². The average molecular weight is 406 g/mol. The van der Waals surface area contributed by atoms with E-state index in [4.69, 9.17) is 0 Å². The monoisotopic (exact) mass is 405 g/mol. The van der Waals surface area contributed by atoms with Crippen molar-refractivity contribution in [2.45, 2.75) is 78.2 Å². The quantitative estimate of drug-likeness (QED) is 0.545. The summed E-state index contributed by atoms with van der Waals surface area (Å²) in [5, 5.41) is 0. The molecule has 2 nitrogen and oxygen atoms in total. The van der Waals surface area contributed by atoms with E-state index >= 15 is 0 Å². The molecular formula is C28H39NO. The summed E-state index contributed by atoms with van der Waals surface area (Å²) in [7, 11) is 2.07. The molecule has 4 fully saturated rings. The molecule has 1 saturated heterocycles. The number of allylic oxidation sites excluding steroid dienone is 1. The highest BCUT2D eigenvalue weighted by atomic mass is 16.2. The van der Waals surface area contributed by atoms with Crippen LogP contribution in [0.4, 0.5) is 0 Å². The van der Waals surface area contributed by atoms with Gasteiger partial charge in [0.15, 0.2) is 0 Å². The van der Waals surface area contributed by atoms with Crippen LogP contribution in [0.2, 0.25) is 0 Å². The second-order valence-electron chi connectivity index (χ2n) is 11.5. The summed E-state index contributed by atoms with van der Waals surface area (Å²) in [5.41, 5.74) is 3.72. The zero-order valence-electron chi connectivity index (χ0n) is 19.4. The molecule has 3 saturated carbocycles. The smallest absolute Gasteiger partial charge is 0.222 e. The Hall–Kier alpha value is -1.57. The first-order valence-corrected chi connectivity index (χ1v) is 12.3. The number of hydrogen-bond donors (Lipinski definition) is 0. The highest BCUT2D eigenvalue weighted by molar-refractivity contribution is 5.77. The number of rotatable bonds is 2. The number of hydrogen-bond acceptors (Lipinski definition) is 1. The maximum absolute atomic E-state index is 12.4. The molecule has 1 amide bonds. The lowest BCUT2D eigenvalue weighted by Gasteiger charge is -2.62. The fraction of sp³-hybridized carbons (Fsp3) is 0.679. The van der Waals surface area contributed by atoms with Crippen molar-refractivity contribution in [1.29, 1.82) is 0 Å². The van der Waals surface area contributed by atoms with Crippen molar-refractivity contribution in [3.05, 3.63) is 41.5 Å². The fourth-order valence-electron chi connectivity index (χ4n) is 8.81. The van der Waals surface area contributed by atoms with Gasteiger partial charge in [0.25, 0.3) is 0 Å². The topological polar surface area (TPSA) is 20.3 Å². The normalized spacial score (nSPS) is 43.7. The summed E-state index contributed by atoms with van der Waals surface area (Å²) in [4.78, 5) is 14.5. The zero-order chi connectivity index (χ0) is 21.1. The molecule has 2 heteroatoms. The Morgan fingerprint density at radius 2 is 1.70 bits per heavy atom. The van der Waals surface area contributed by atoms with Crippen LogP contribution in [-0.2, 0) is 4.79 Å². The summed E-state index contributed by atoms with van der Waals surface area (Å²) in [6.45, 7) is 7.54. The summed E-state index contributed by atoms with van der Waals surface area (Å²) >= 11 is 0. The molecular weight excluding hydrogens is 366 g/mol. The largest absolute Gasteiger partial charge is 0.342 e. The van der Waals surface area contributed by atoms with Crippen molar-refractivity contribution in [3.8, 4) is 0 Å². The molecule has 0 radical (unpaired) electrons. The van der Waals surface area contributed by atoms with Crippen molar-refractivity contribution >= 4 is 12.0 Å².